The average Bonchev–Trinajstić information content (AvgIpc) is 2.64. The Kier molecular flexibility index (Phi) is 5.05. The molecule has 0 aliphatic heterocycles. The number of carbonyl (C=O) groups is 4. The number of hydrogen-bond donors (Lipinski definition) is 0. The fourth-order valence-corrected chi connectivity index (χ4v) is 3.74. The third-order valence-electron chi connectivity index (χ3n) is 5.37. The molecular formula is C25H26O5. The molecule has 1 aromatic rings. The zero-order valence-corrected chi connectivity index (χ0v) is 18.4. The SMILES string of the molecule is COc1cccc2c1C(=O)C(=O)C(=C1C=C(C(C)(C)C)C(=O)C(C(C)(C)C)=C1)C2=O. The van der Waals surface area contributed by atoms with E-state index in [1.54, 1.807) is 24.3 Å². The first-order valence-corrected chi connectivity index (χ1v) is 9.83. The van der Waals surface area contributed by atoms with Crippen LogP contribution < -0.4 is 4.74 Å². The number of ketones is 4. The Morgan fingerprint density at radius 3 is 1.70 bits per heavy atom. The van der Waals surface area contributed by atoms with Gasteiger partial charge in [-0.05, 0) is 34.6 Å². The Morgan fingerprint density at radius 1 is 0.700 bits per heavy atom. The highest BCUT2D eigenvalue weighted by Gasteiger charge is 2.41. The first-order chi connectivity index (χ1) is 13.8. The van der Waals surface area contributed by atoms with Crippen molar-refractivity contribution in [2.24, 2.45) is 10.8 Å². The van der Waals surface area contributed by atoms with E-state index in [2.05, 4.69) is 0 Å². The van der Waals surface area contributed by atoms with Crippen molar-refractivity contribution in [2.75, 3.05) is 7.11 Å². The zero-order valence-electron chi connectivity index (χ0n) is 18.4. The summed E-state index contributed by atoms with van der Waals surface area (Å²) in [6, 6.07) is 4.67. The predicted molar refractivity (Wildman–Crippen MR) is 114 cm³/mol. The van der Waals surface area contributed by atoms with Crippen molar-refractivity contribution in [3.8, 4) is 5.75 Å². The quantitative estimate of drug-likeness (QED) is 0.391. The van der Waals surface area contributed by atoms with Crippen LogP contribution in [0.25, 0.3) is 0 Å². The van der Waals surface area contributed by atoms with Gasteiger partial charge in [-0.15, -0.1) is 0 Å². The van der Waals surface area contributed by atoms with Crippen LogP contribution in [0.15, 0.2) is 52.6 Å². The molecule has 5 nitrogen and oxygen atoms in total. The molecule has 30 heavy (non-hydrogen) atoms. The molecule has 0 saturated carbocycles. The van der Waals surface area contributed by atoms with Crippen molar-refractivity contribution >= 4 is 23.1 Å². The van der Waals surface area contributed by atoms with Gasteiger partial charge in [0.15, 0.2) is 11.6 Å². The van der Waals surface area contributed by atoms with Gasteiger partial charge >= 0.3 is 0 Å². The molecule has 0 N–H and O–H groups in total. The summed E-state index contributed by atoms with van der Waals surface area (Å²) in [6.07, 6.45) is 3.17. The normalized spacial score (nSPS) is 17.7. The molecule has 3 rings (SSSR count). The summed E-state index contributed by atoms with van der Waals surface area (Å²) in [5.74, 6) is -2.11. The number of ether oxygens (including phenoxy) is 1. The number of methoxy groups -OCH3 is 1. The van der Waals surface area contributed by atoms with Gasteiger partial charge in [-0.25, -0.2) is 0 Å². The summed E-state index contributed by atoms with van der Waals surface area (Å²) in [7, 11) is 1.38. The molecule has 156 valence electrons. The van der Waals surface area contributed by atoms with Gasteiger partial charge in [-0.2, -0.15) is 0 Å². The lowest BCUT2D eigenvalue weighted by atomic mass is 9.70. The van der Waals surface area contributed by atoms with Crippen LogP contribution >= 0.6 is 0 Å². The summed E-state index contributed by atoms with van der Waals surface area (Å²) in [4.78, 5) is 52.4. The van der Waals surface area contributed by atoms with Crippen LogP contribution in [0.5, 0.6) is 5.75 Å². The van der Waals surface area contributed by atoms with E-state index in [9.17, 15) is 19.2 Å². The van der Waals surface area contributed by atoms with Gasteiger partial charge in [0.25, 0.3) is 0 Å². The van der Waals surface area contributed by atoms with Gasteiger partial charge in [0.2, 0.25) is 11.6 Å². The maximum absolute atomic E-state index is 13.3. The van der Waals surface area contributed by atoms with Gasteiger partial charge in [0.1, 0.15) is 5.75 Å². The monoisotopic (exact) mass is 406 g/mol. The molecule has 2 aliphatic rings. The van der Waals surface area contributed by atoms with Crippen molar-refractivity contribution in [1.82, 2.24) is 0 Å². The summed E-state index contributed by atoms with van der Waals surface area (Å²) in [5, 5.41) is 0. The fraction of sp³-hybridized carbons (Fsp3) is 0.360. The Balaban J connectivity index is 2.35. The number of rotatable bonds is 1. The number of Topliss-reactive ketones (excluding diaryl/α,β-unsaturated/α-hetero) is 4. The van der Waals surface area contributed by atoms with E-state index in [4.69, 9.17) is 4.74 Å². The van der Waals surface area contributed by atoms with E-state index in [-0.39, 0.29) is 28.2 Å². The Labute approximate surface area is 176 Å². The van der Waals surface area contributed by atoms with Crippen LogP contribution in [0.4, 0.5) is 0 Å². The van der Waals surface area contributed by atoms with Crippen LogP contribution in [0, 0.1) is 10.8 Å². The van der Waals surface area contributed by atoms with E-state index in [0.29, 0.717) is 16.7 Å². The Morgan fingerprint density at radius 2 is 1.23 bits per heavy atom. The summed E-state index contributed by atoms with van der Waals surface area (Å²) >= 11 is 0. The van der Waals surface area contributed by atoms with Crippen LogP contribution in [-0.4, -0.2) is 30.2 Å². The molecule has 0 aromatic heterocycles. The van der Waals surface area contributed by atoms with Crippen molar-refractivity contribution < 1.29 is 23.9 Å². The van der Waals surface area contributed by atoms with Gasteiger partial charge in [-0.3, -0.25) is 19.2 Å². The van der Waals surface area contributed by atoms with Crippen LogP contribution in [0.2, 0.25) is 0 Å². The summed E-state index contributed by atoms with van der Waals surface area (Å²) < 4.78 is 5.19. The minimum Gasteiger partial charge on any atom is -0.496 e. The highest BCUT2D eigenvalue weighted by Crippen LogP contribution is 2.41. The lowest BCUT2D eigenvalue weighted by Gasteiger charge is -2.32. The second kappa shape index (κ2) is 7.01. The highest BCUT2D eigenvalue weighted by molar-refractivity contribution is 6.60. The molecule has 0 heterocycles. The smallest absolute Gasteiger partial charge is 0.238 e. The molecular weight excluding hydrogens is 380 g/mol. The van der Waals surface area contributed by atoms with Gasteiger partial charge in [0.05, 0.1) is 18.2 Å². The van der Waals surface area contributed by atoms with Gasteiger partial charge < -0.3 is 4.74 Å². The minimum atomic E-state index is -0.879. The molecule has 0 atom stereocenters. The molecule has 0 amide bonds. The zero-order chi connectivity index (χ0) is 22.6. The second-order valence-electron chi connectivity index (χ2n) is 9.65. The minimum absolute atomic E-state index is 0.00807. The van der Waals surface area contributed by atoms with E-state index < -0.39 is 28.2 Å². The number of benzene rings is 1. The van der Waals surface area contributed by atoms with Crippen molar-refractivity contribution in [3.63, 3.8) is 0 Å². The highest BCUT2D eigenvalue weighted by atomic mass is 16.5. The number of hydrogen-bond acceptors (Lipinski definition) is 5. The lowest BCUT2D eigenvalue weighted by molar-refractivity contribution is -0.114. The van der Waals surface area contributed by atoms with E-state index in [0.717, 1.165) is 0 Å². The maximum atomic E-state index is 13.3. The first kappa shape index (κ1) is 21.6. The number of carbonyl (C=O) groups excluding carboxylic acids is 4. The van der Waals surface area contributed by atoms with Crippen LogP contribution in [0.1, 0.15) is 62.3 Å². The third kappa shape index (κ3) is 3.38. The van der Waals surface area contributed by atoms with Crippen LogP contribution in [-0.2, 0) is 9.59 Å². The molecule has 0 bridgehead atoms. The third-order valence-corrected chi connectivity index (χ3v) is 5.37. The molecule has 0 saturated heterocycles. The van der Waals surface area contributed by atoms with Gasteiger partial charge in [-0.1, -0.05) is 53.7 Å². The number of allylic oxidation sites excluding steroid dienone is 6. The van der Waals surface area contributed by atoms with E-state index in [1.807, 2.05) is 41.5 Å². The Hall–Kier alpha value is -3.08. The van der Waals surface area contributed by atoms with Gasteiger partial charge in [0, 0.05) is 16.7 Å². The van der Waals surface area contributed by atoms with Crippen molar-refractivity contribution in [1.29, 1.82) is 0 Å². The molecule has 1 aromatic carbocycles. The fourth-order valence-electron chi connectivity index (χ4n) is 3.74. The topological polar surface area (TPSA) is 77.5 Å². The first-order valence-electron chi connectivity index (χ1n) is 9.83. The predicted octanol–water partition coefficient (Wildman–Crippen LogP) is 4.47. The lowest BCUT2D eigenvalue weighted by Crippen LogP contribution is -2.33. The van der Waals surface area contributed by atoms with E-state index in [1.165, 1.54) is 13.2 Å². The molecule has 0 fully saturated rings. The maximum Gasteiger partial charge on any atom is 0.238 e. The van der Waals surface area contributed by atoms with Crippen LogP contribution in [0.3, 0.4) is 0 Å². The molecule has 0 radical (unpaired) electrons. The molecule has 5 heteroatoms. The number of fused-ring (bicyclic) bond motifs is 1. The molecule has 2 aliphatic carbocycles. The van der Waals surface area contributed by atoms with Crippen molar-refractivity contribution in [2.45, 2.75) is 41.5 Å². The summed E-state index contributed by atoms with van der Waals surface area (Å²) in [6.45, 7) is 11.4. The standard InChI is InChI=1S/C25H26O5/c1-24(2,3)15-11-13(12-16(21(15)27)25(4,5)6)18-20(26)14-9-8-10-17(30-7)19(14)23(29)22(18)28/h8-12H,1-7H3. The summed E-state index contributed by atoms with van der Waals surface area (Å²) in [5.41, 5.74) is 0.238. The largest absolute Gasteiger partial charge is 0.496 e. The van der Waals surface area contributed by atoms with E-state index >= 15 is 0 Å². The average molecular weight is 406 g/mol. The molecule has 0 spiro atoms. The Bertz CT molecular complexity index is 1060. The second-order valence-corrected chi connectivity index (χ2v) is 9.65. The van der Waals surface area contributed by atoms with Crippen molar-refractivity contribution in [3.05, 3.63) is 63.8 Å². The molecule has 0 unspecified atom stereocenters.